The Morgan fingerprint density at radius 2 is 2.15 bits per heavy atom. The van der Waals surface area contributed by atoms with E-state index in [1.165, 1.54) is 0 Å². The van der Waals surface area contributed by atoms with Crippen molar-refractivity contribution in [3.05, 3.63) is 65.6 Å². The topological polar surface area (TPSA) is 80.9 Å². The third-order valence-electron chi connectivity index (χ3n) is 3.96. The molecule has 26 heavy (non-hydrogen) atoms. The zero-order valence-electron chi connectivity index (χ0n) is 14.8. The average molecular weight is 351 g/mol. The quantitative estimate of drug-likeness (QED) is 0.524. The van der Waals surface area contributed by atoms with Gasteiger partial charge in [0, 0.05) is 12.2 Å². The summed E-state index contributed by atoms with van der Waals surface area (Å²) in [5.41, 5.74) is 2.61. The molecule has 134 valence electrons. The van der Waals surface area contributed by atoms with E-state index < -0.39 is 0 Å². The van der Waals surface area contributed by atoms with Gasteiger partial charge in [0.15, 0.2) is 5.65 Å². The second-order valence-corrected chi connectivity index (χ2v) is 5.96. The van der Waals surface area contributed by atoms with Crippen LogP contribution in [0.4, 0.5) is 0 Å². The predicted molar refractivity (Wildman–Crippen MR) is 99.0 cm³/mol. The molecule has 7 heteroatoms. The van der Waals surface area contributed by atoms with Gasteiger partial charge in [0.1, 0.15) is 12.3 Å². The van der Waals surface area contributed by atoms with Crippen LogP contribution in [0.25, 0.3) is 5.65 Å². The minimum absolute atomic E-state index is 0.0952. The second-order valence-electron chi connectivity index (χ2n) is 5.96. The van der Waals surface area contributed by atoms with E-state index in [4.69, 9.17) is 4.84 Å². The summed E-state index contributed by atoms with van der Waals surface area (Å²) in [6.45, 7) is 4.35. The highest BCUT2D eigenvalue weighted by molar-refractivity contribution is 5.94. The molecule has 3 aromatic rings. The number of carbonyl (C=O) groups excluding carboxylic acids is 1. The van der Waals surface area contributed by atoms with Crippen molar-refractivity contribution in [1.82, 2.24) is 19.9 Å². The summed E-state index contributed by atoms with van der Waals surface area (Å²) in [6, 6.07) is 11.5. The van der Waals surface area contributed by atoms with E-state index >= 15 is 0 Å². The molecule has 1 amide bonds. The number of hydrogen-bond acceptors (Lipinski definition) is 5. The van der Waals surface area contributed by atoms with Gasteiger partial charge in [0.05, 0.1) is 18.0 Å². The SMILES string of the molecule is CCC(C)NC(=O)c1ccn2ncc(C=NOCc3ccccc3)c2n1. The average Bonchev–Trinajstić information content (AvgIpc) is 3.08. The second kappa shape index (κ2) is 8.24. The number of aromatic nitrogens is 3. The first kappa shape index (κ1) is 17.6. The number of oxime groups is 1. The molecule has 1 atom stereocenters. The van der Waals surface area contributed by atoms with Crippen LogP contribution in [0.2, 0.25) is 0 Å². The van der Waals surface area contributed by atoms with E-state index in [1.807, 2.05) is 44.2 Å². The zero-order chi connectivity index (χ0) is 18.4. The largest absolute Gasteiger partial charge is 0.391 e. The number of amides is 1. The molecular weight excluding hydrogens is 330 g/mol. The highest BCUT2D eigenvalue weighted by Crippen LogP contribution is 2.08. The van der Waals surface area contributed by atoms with Gasteiger partial charge in [0.2, 0.25) is 0 Å². The molecular formula is C19H21N5O2. The van der Waals surface area contributed by atoms with Gasteiger partial charge in [-0.3, -0.25) is 4.79 Å². The third kappa shape index (κ3) is 4.24. The number of carbonyl (C=O) groups is 1. The van der Waals surface area contributed by atoms with Gasteiger partial charge in [-0.2, -0.15) is 5.10 Å². The van der Waals surface area contributed by atoms with Crippen molar-refractivity contribution < 1.29 is 9.63 Å². The molecule has 1 N–H and O–H groups in total. The summed E-state index contributed by atoms with van der Waals surface area (Å²) >= 11 is 0. The Morgan fingerprint density at radius 1 is 1.35 bits per heavy atom. The van der Waals surface area contributed by atoms with Crippen molar-refractivity contribution in [2.75, 3.05) is 0 Å². The molecule has 3 rings (SSSR count). The van der Waals surface area contributed by atoms with Crippen LogP contribution >= 0.6 is 0 Å². The number of benzene rings is 1. The Labute approximate surface area is 151 Å². The molecule has 0 aliphatic rings. The first-order chi connectivity index (χ1) is 12.7. The van der Waals surface area contributed by atoms with Crippen molar-refractivity contribution in [2.45, 2.75) is 32.9 Å². The number of rotatable bonds is 7. The van der Waals surface area contributed by atoms with Gasteiger partial charge in [-0.05, 0) is 25.0 Å². The lowest BCUT2D eigenvalue weighted by Gasteiger charge is -2.10. The summed E-state index contributed by atoms with van der Waals surface area (Å²) in [5, 5.41) is 11.1. The van der Waals surface area contributed by atoms with Crippen LogP contribution in [-0.4, -0.2) is 32.8 Å². The molecule has 1 aromatic carbocycles. The fourth-order valence-electron chi connectivity index (χ4n) is 2.28. The molecule has 0 aliphatic heterocycles. The highest BCUT2D eigenvalue weighted by Gasteiger charge is 2.12. The number of nitrogens with zero attached hydrogens (tertiary/aromatic N) is 4. The maximum Gasteiger partial charge on any atom is 0.270 e. The van der Waals surface area contributed by atoms with E-state index in [-0.39, 0.29) is 11.9 Å². The summed E-state index contributed by atoms with van der Waals surface area (Å²) < 4.78 is 1.60. The number of nitrogens with one attached hydrogen (secondary N) is 1. The number of fused-ring (bicyclic) bond motifs is 1. The van der Waals surface area contributed by atoms with Gasteiger partial charge in [-0.25, -0.2) is 9.50 Å². The lowest BCUT2D eigenvalue weighted by molar-refractivity contribution is 0.0934. The standard InChI is InChI=1S/C19H21N5O2/c1-3-14(2)22-19(25)17-9-10-24-18(23-17)16(11-20-24)12-21-26-13-15-7-5-4-6-8-15/h4-12,14H,3,13H2,1-2H3,(H,22,25). The molecule has 0 fully saturated rings. The summed E-state index contributed by atoms with van der Waals surface area (Å²) in [7, 11) is 0. The van der Waals surface area contributed by atoms with Crippen LogP contribution in [-0.2, 0) is 11.4 Å². The van der Waals surface area contributed by atoms with Crippen LogP contribution in [0.15, 0.2) is 53.9 Å². The smallest absolute Gasteiger partial charge is 0.270 e. The van der Waals surface area contributed by atoms with Crippen LogP contribution in [0, 0.1) is 0 Å². The van der Waals surface area contributed by atoms with Crippen molar-refractivity contribution in [3.63, 3.8) is 0 Å². The Kier molecular flexibility index (Phi) is 5.58. The molecule has 1 unspecified atom stereocenters. The van der Waals surface area contributed by atoms with E-state index in [0.29, 0.717) is 23.5 Å². The van der Waals surface area contributed by atoms with Crippen molar-refractivity contribution in [1.29, 1.82) is 0 Å². The normalized spacial score (nSPS) is 12.4. The molecule has 0 saturated heterocycles. The van der Waals surface area contributed by atoms with Gasteiger partial charge >= 0.3 is 0 Å². The van der Waals surface area contributed by atoms with E-state index in [0.717, 1.165) is 12.0 Å². The summed E-state index contributed by atoms with van der Waals surface area (Å²) in [6.07, 6.45) is 5.75. The monoisotopic (exact) mass is 351 g/mol. The molecule has 0 bridgehead atoms. The Balaban J connectivity index is 1.71. The van der Waals surface area contributed by atoms with Crippen molar-refractivity contribution in [2.24, 2.45) is 5.16 Å². The van der Waals surface area contributed by atoms with E-state index in [1.54, 1.807) is 29.2 Å². The van der Waals surface area contributed by atoms with Gasteiger partial charge < -0.3 is 10.2 Å². The Hall–Kier alpha value is -3.22. The molecule has 2 aromatic heterocycles. The van der Waals surface area contributed by atoms with E-state index in [2.05, 4.69) is 20.6 Å². The molecule has 7 nitrogen and oxygen atoms in total. The highest BCUT2D eigenvalue weighted by atomic mass is 16.6. The molecule has 0 saturated carbocycles. The summed E-state index contributed by atoms with van der Waals surface area (Å²) in [4.78, 5) is 22.0. The first-order valence-electron chi connectivity index (χ1n) is 8.52. The molecule has 2 heterocycles. The lowest BCUT2D eigenvalue weighted by atomic mass is 10.2. The van der Waals surface area contributed by atoms with Crippen molar-refractivity contribution in [3.8, 4) is 0 Å². The molecule has 0 aliphatic carbocycles. The zero-order valence-corrected chi connectivity index (χ0v) is 14.8. The lowest BCUT2D eigenvalue weighted by Crippen LogP contribution is -2.32. The molecule has 0 radical (unpaired) electrons. The van der Waals surface area contributed by atoms with Gasteiger partial charge in [-0.1, -0.05) is 42.4 Å². The molecule has 0 spiro atoms. The van der Waals surface area contributed by atoms with Crippen LogP contribution in [0.3, 0.4) is 0 Å². The summed E-state index contributed by atoms with van der Waals surface area (Å²) in [5.74, 6) is -0.203. The minimum atomic E-state index is -0.203. The van der Waals surface area contributed by atoms with Crippen LogP contribution in [0.1, 0.15) is 41.9 Å². The van der Waals surface area contributed by atoms with Gasteiger partial charge in [0.25, 0.3) is 5.91 Å². The number of hydrogen-bond donors (Lipinski definition) is 1. The fourth-order valence-corrected chi connectivity index (χ4v) is 2.28. The van der Waals surface area contributed by atoms with Gasteiger partial charge in [-0.15, -0.1) is 0 Å². The Morgan fingerprint density at radius 3 is 2.92 bits per heavy atom. The Bertz CT molecular complexity index is 905. The maximum absolute atomic E-state index is 12.2. The minimum Gasteiger partial charge on any atom is -0.391 e. The predicted octanol–water partition coefficient (Wildman–Crippen LogP) is 2.81. The first-order valence-corrected chi connectivity index (χ1v) is 8.52. The maximum atomic E-state index is 12.2. The van der Waals surface area contributed by atoms with E-state index in [9.17, 15) is 4.79 Å². The third-order valence-corrected chi connectivity index (χ3v) is 3.96. The van der Waals surface area contributed by atoms with Crippen LogP contribution in [0.5, 0.6) is 0 Å². The van der Waals surface area contributed by atoms with Crippen molar-refractivity contribution >= 4 is 17.8 Å². The fraction of sp³-hybridized carbons (Fsp3) is 0.263. The van der Waals surface area contributed by atoms with Crippen LogP contribution < -0.4 is 5.32 Å².